The number of nitrogens with one attached hydrogen (secondary N) is 1. The van der Waals surface area contributed by atoms with Gasteiger partial charge in [-0.3, -0.25) is 9.78 Å². The third-order valence-corrected chi connectivity index (χ3v) is 3.46. The van der Waals surface area contributed by atoms with E-state index >= 15 is 0 Å². The monoisotopic (exact) mass is 328 g/mol. The molecule has 3 rings (SSSR count). The Bertz CT molecular complexity index is 802. The third kappa shape index (κ3) is 3.54. The van der Waals surface area contributed by atoms with E-state index in [1.54, 1.807) is 55.7 Å². The molecule has 0 saturated carbocycles. The Morgan fingerprint density at radius 3 is 2.57 bits per heavy atom. The minimum atomic E-state index is -0.388. The molecule has 0 aliphatic carbocycles. The number of aromatic nitrogens is 3. The zero-order chi connectivity index (χ0) is 16.2. The van der Waals surface area contributed by atoms with Crippen molar-refractivity contribution in [2.45, 2.75) is 13.0 Å². The van der Waals surface area contributed by atoms with Crippen LogP contribution in [0.2, 0.25) is 5.02 Å². The first-order valence-corrected chi connectivity index (χ1v) is 7.32. The second-order valence-electron chi connectivity index (χ2n) is 4.90. The fourth-order valence-electron chi connectivity index (χ4n) is 1.97. The number of hydrogen-bond donors (Lipinski definition) is 1. The van der Waals surface area contributed by atoms with Gasteiger partial charge in [-0.05, 0) is 43.3 Å². The number of carbonyl (C=O) groups excluding carboxylic acids is 1. The summed E-state index contributed by atoms with van der Waals surface area (Å²) in [5.74, 6) is 0.553. The van der Waals surface area contributed by atoms with Crippen LogP contribution in [-0.2, 0) is 0 Å². The molecule has 2 aromatic heterocycles. The normalized spacial score (nSPS) is 11.9. The van der Waals surface area contributed by atoms with Gasteiger partial charge in [0.15, 0.2) is 5.82 Å². The maximum Gasteiger partial charge on any atom is 0.257 e. The zero-order valence-corrected chi connectivity index (χ0v) is 13.0. The van der Waals surface area contributed by atoms with Crippen LogP contribution in [0.1, 0.15) is 29.1 Å². The van der Waals surface area contributed by atoms with Crippen LogP contribution < -0.4 is 5.32 Å². The summed E-state index contributed by atoms with van der Waals surface area (Å²) in [5, 5.41) is 7.36. The van der Waals surface area contributed by atoms with Gasteiger partial charge < -0.3 is 9.84 Å². The van der Waals surface area contributed by atoms with E-state index in [-0.39, 0.29) is 11.9 Å². The molecule has 0 radical (unpaired) electrons. The maximum atomic E-state index is 12.1. The molecule has 1 atom stereocenters. The molecule has 0 spiro atoms. The van der Waals surface area contributed by atoms with Gasteiger partial charge in [0.25, 0.3) is 11.8 Å². The first-order valence-electron chi connectivity index (χ1n) is 6.94. The largest absolute Gasteiger partial charge is 0.342 e. The fourth-order valence-corrected chi connectivity index (χ4v) is 2.09. The van der Waals surface area contributed by atoms with Crippen molar-refractivity contribution in [3.63, 3.8) is 0 Å². The molecule has 7 heteroatoms. The van der Waals surface area contributed by atoms with E-state index < -0.39 is 0 Å². The average molecular weight is 329 g/mol. The van der Waals surface area contributed by atoms with Gasteiger partial charge in [0.2, 0.25) is 0 Å². The lowest BCUT2D eigenvalue weighted by Crippen LogP contribution is -2.27. The van der Waals surface area contributed by atoms with Crippen LogP contribution in [0.25, 0.3) is 11.5 Å². The van der Waals surface area contributed by atoms with Crippen LogP contribution in [0.5, 0.6) is 0 Å². The van der Waals surface area contributed by atoms with Crippen molar-refractivity contribution in [3.05, 3.63) is 65.2 Å². The van der Waals surface area contributed by atoms with Gasteiger partial charge in [0.05, 0.1) is 6.04 Å². The molecule has 0 unspecified atom stereocenters. The standard InChI is InChI=1S/C16H13ClN4O2/c1-10(19-15(22)11-6-8-18-9-7-11)14-20-16(23-21-14)12-2-4-13(17)5-3-12/h2-10H,1H3,(H,19,22)/t10-/m1/s1. The molecule has 0 bridgehead atoms. The predicted octanol–water partition coefficient (Wildman–Crippen LogP) is 3.28. The Kier molecular flexibility index (Phi) is 4.34. The van der Waals surface area contributed by atoms with E-state index in [0.717, 1.165) is 5.56 Å². The summed E-state index contributed by atoms with van der Waals surface area (Å²) >= 11 is 5.85. The Hall–Kier alpha value is -2.73. The SMILES string of the molecule is C[C@@H](NC(=O)c1ccncc1)c1noc(-c2ccc(Cl)cc2)n1. The van der Waals surface area contributed by atoms with Crippen LogP contribution >= 0.6 is 11.6 Å². The summed E-state index contributed by atoms with van der Waals surface area (Å²) in [5.41, 5.74) is 1.29. The maximum absolute atomic E-state index is 12.1. The Balaban J connectivity index is 1.72. The average Bonchev–Trinajstić information content (AvgIpc) is 3.06. The summed E-state index contributed by atoms with van der Waals surface area (Å²) in [4.78, 5) is 20.3. The topological polar surface area (TPSA) is 80.9 Å². The minimum Gasteiger partial charge on any atom is -0.342 e. The number of benzene rings is 1. The van der Waals surface area contributed by atoms with Crippen molar-refractivity contribution in [2.75, 3.05) is 0 Å². The van der Waals surface area contributed by atoms with E-state index in [9.17, 15) is 4.79 Å². The molecular weight excluding hydrogens is 316 g/mol. The van der Waals surface area contributed by atoms with Crippen LogP contribution in [0.15, 0.2) is 53.3 Å². The lowest BCUT2D eigenvalue weighted by molar-refractivity contribution is 0.0937. The first-order chi connectivity index (χ1) is 11.1. The van der Waals surface area contributed by atoms with Crippen molar-refractivity contribution in [1.82, 2.24) is 20.4 Å². The van der Waals surface area contributed by atoms with Crippen LogP contribution in [-0.4, -0.2) is 21.0 Å². The van der Waals surface area contributed by atoms with E-state index in [1.807, 2.05) is 0 Å². The van der Waals surface area contributed by atoms with Crippen molar-refractivity contribution in [1.29, 1.82) is 0 Å². The molecule has 0 saturated heterocycles. The highest BCUT2D eigenvalue weighted by Gasteiger charge is 2.17. The van der Waals surface area contributed by atoms with Gasteiger partial charge >= 0.3 is 0 Å². The molecule has 1 aromatic carbocycles. The molecule has 0 fully saturated rings. The molecule has 0 aliphatic heterocycles. The molecule has 2 heterocycles. The van der Waals surface area contributed by atoms with Crippen molar-refractivity contribution < 1.29 is 9.32 Å². The second kappa shape index (κ2) is 6.58. The summed E-state index contributed by atoms with van der Waals surface area (Å²) in [7, 11) is 0. The molecule has 1 N–H and O–H groups in total. The highest BCUT2D eigenvalue weighted by molar-refractivity contribution is 6.30. The van der Waals surface area contributed by atoms with Crippen LogP contribution in [0.3, 0.4) is 0 Å². The van der Waals surface area contributed by atoms with Crippen LogP contribution in [0.4, 0.5) is 0 Å². The molecule has 23 heavy (non-hydrogen) atoms. The van der Waals surface area contributed by atoms with Gasteiger partial charge in [-0.25, -0.2) is 0 Å². The summed E-state index contributed by atoms with van der Waals surface area (Å²) in [6.45, 7) is 1.79. The van der Waals surface area contributed by atoms with E-state index in [1.165, 1.54) is 0 Å². The van der Waals surface area contributed by atoms with Gasteiger partial charge in [0, 0.05) is 28.5 Å². The number of amides is 1. The summed E-state index contributed by atoms with van der Waals surface area (Å²) in [6.07, 6.45) is 3.12. The van der Waals surface area contributed by atoms with Gasteiger partial charge in [-0.2, -0.15) is 4.98 Å². The Morgan fingerprint density at radius 2 is 1.87 bits per heavy atom. The number of rotatable bonds is 4. The smallest absolute Gasteiger partial charge is 0.257 e. The lowest BCUT2D eigenvalue weighted by atomic mass is 10.2. The number of carbonyl (C=O) groups is 1. The first kappa shape index (κ1) is 15.2. The van der Waals surface area contributed by atoms with Crippen molar-refractivity contribution in [3.8, 4) is 11.5 Å². The molecule has 116 valence electrons. The van der Waals surface area contributed by atoms with Crippen molar-refractivity contribution in [2.24, 2.45) is 0 Å². The minimum absolute atomic E-state index is 0.224. The van der Waals surface area contributed by atoms with Crippen molar-refractivity contribution >= 4 is 17.5 Å². The number of halogens is 1. The fraction of sp³-hybridized carbons (Fsp3) is 0.125. The van der Waals surface area contributed by atoms with E-state index in [4.69, 9.17) is 16.1 Å². The van der Waals surface area contributed by atoms with E-state index in [0.29, 0.717) is 22.3 Å². The molecular formula is C16H13ClN4O2. The second-order valence-corrected chi connectivity index (χ2v) is 5.33. The highest BCUT2D eigenvalue weighted by Crippen LogP contribution is 2.21. The molecule has 1 amide bonds. The molecule has 0 aliphatic rings. The zero-order valence-electron chi connectivity index (χ0n) is 12.2. The van der Waals surface area contributed by atoms with Crippen LogP contribution in [0, 0.1) is 0 Å². The highest BCUT2D eigenvalue weighted by atomic mass is 35.5. The molecule has 6 nitrogen and oxygen atoms in total. The number of nitrogens with zero attached hydrogens (tertiary/aromatic N) is 3. The van der Waals surface area contributed by atoms with Gasteiger partial charge in [-0.1, -0.05) is 16.8 Å². The lowest BCUT2D eigenvalue weighted by Gasteiger charge is -2.09. The summed E-state index contributed by atoms with van der Waals surface area (Å²) in [6, 6.07) is 9.96. The number of pyridine rings is 1. The third-order valence-electron chi connectivity index (χ3n) is 3.21. The number of hydrogen-bond acceptors (Lipinski definition) is 5. The molecule has 3 aromatic rings. The Morgan fingerprint density at radius 1 is 1.17 bits per heavy atom. The van der Waals surface area contributed by atoms with E-state index in [2.05, 4.69) is 20.4 Å². The quantitative estimate of drug-likeness (QED) is 0.795. The van der Waals surface area contributed by atoms with Gasteiger partial charge in [-0.15, -0.1) is 0 Å². The predicted molar refractivity (Wildman–Crippen MR) is 84.9 cm³/mol. The van der Waals surface area contributed by atoms with Gasteiger partial charge in [0.1, 0.15) is 0 Å². The summed E-state index contributed by atoms with van der Waals surface area (Å²) < 4.78 is 5.23. The Labute approximate surface area is 137 Å².